The monoisotopic (exact) mass is 186 g/mol. The van der Waals surface area contributed by atoms with Crippen LogP contribution >= 0.6 is 0 Å². The zero-order valence-corrected chi connectivity index (χ0v) is 7.82. The molecule has 14 heavy (non-hydrogen) atoms. The Balaban J connectivity index is 2.49. The summed E-state index contributed by atoms with van der Waals surface area (Å²) in [7, 11) is 0. The van der Waals surface area contributed by atoms with Crippen molar-refractivity contribution in [1.82, 2.24) is 9.97 Å². The summed E-state index contributed by atoms with van der Waals surface area (Å²) in [6.07, 6.45) is 2.30. The summed E-state index contributed by atoms with van der Waals surface area (Å²) in [6, 6.07) is 7.91. The average molecular weight is 186 g/mol. The molecule has 2 rings (SSSR count). The second-order valence-electron chi connectivity index (χ2n) is 3.12. The molecule has 0 radical (unpaired) electrons. The van der Waals surface area contributed by atoms with Crippen molar-refractivity contribution >= 4 is 6.29 Å². The Hall–Kier alpha value is -1.90. The molecule has 0 spiro atoms. The fourth-order valence-electron chi connectivity index (χ4n) is 1.37. The third-order valence-electron chi connectivity index (χ3n) is 2.12. The molecule has 2 aromatic rings. The van der Waals surface area contributed by atoms with E-state index >= 15 is 0 Å². The van der Waals surface area contributed by atoms with Gasteiger partial charge in [0.25, 0.3) is 0 Å². The number of carbonyl (C=O) groups excluding carboxylic acids is 1. The van der Waals surface area contributed by atoms with Crippen LogP contribution in [0.3, 0.4) is 0 Å². The second-order valence-corrected chi connectivity index (χ2v) is 3.12. The summed E-state index contributed by atoms with van der Waals surface area (Å²) < 4.78 is 0. The molecule has 0 bridgehead atoms. The molecule has 70 valence electrons. The minimum atomic E-state index is 0.503. The molecule has 0 fully saturated rings. The average Bonchev–Trinajstić information content (AvgIpc) is 2.67. The van der Waals surface area contributed by atoms with E-state index < -0.39 is 0 Å². The Bertz CT molecular complexity index is 460. The molecule has 0 aliphatic rings. The van der Waals surface area contributed by atoms with Gasteiger partial charge in [-0.25, -0.2) is 4.98 Å². The molecule has 0 atom stereocenters. The number of aromatic amines is 1. The maximum absolute atomic E-state index is 10.5. The van der Waals surface area contributed by atoms with Crippen LogP contribution < -0.4 is 0 Å². The highest BCUT2D eigenvalue weighted by Crippen LogP contribution is 2.19. The van der Waals surface area contributed by atoms with E-state index in [1.54, 1.807) is 0 Å². The van der Waals surface area contributed by atoms with Crippen molar-refractivity contribution in [3.63, 3.8) is 0 Å². The van der Waals surface area contributed by atoms with Gasteiger partial charge in [-0.3, -0.25) is 4.79 Å². The van der Waals surface area contributed by atoms with Gasteiger partial charge in [0.15, 0.2) is 6.29 Å². The molecular weight excluding hydrogens is 176 g/mol. The zero-order valence-electron chi connectivity index (χ0n) is 7.82. The minimum Gasteiger partial charge on any atom is -0.336 e. The van der Waals surface area contributed by atoms with Gasteiger partial charge in [-0.05, 0) is 12.5 Å². The summed E-state index contributed by atoms with van der Waals surface area (Å²) in [4.78, 5) is 17.5. The highest BCUT2D eigenvalue weighted by molar-refractivity contribution is 5.73. The molecule has 0 unspecified atom stereocenters. The van der Waals surface area contributed by atoms with E-state index in [1.807, 2.05) is 31.2 Å². The maximum atomic E-state index is 10.5. The first-order chi connectivity index (χ1) is 6.81. The summed E-state index contributed by atoms with van der Waals surface area (Å²) >= 11 is 0. The van der Waals surface area contributed by atoms with Crippen LogP contribution in [0.2, 0.25) is 0 Å². The summed E-state index contributed by atoms with van der Waals surface area (Å²) in [5.74, 6) is 0.741. The predicted octanol–water partition coefficient (Wildman–Crippen LogP) is 2.20. The molecular formula is C11H10N2O. The molecule has 1 aromatic heterocycles. The van der Waals surface area contributed by atoms with Crippen LogP contribution in [-0.2, 0) is 0 Å². The predicted molar refractivity (Wildman–Crippen MR) is 54.1 cm³/mol. The highest BCUT2D eigenvalue weighted by Gasteiger charge is 2.04. The summed E-state index contributed by atoms with van der Waals surface area (Å²) in [5.41, 5.74) is 2.67. The van der Waals surface area contributed by atoms with Crippen molar-refractivity contribution < 1.29 is 4.79 Å². The lowest BCUT2D eigenvalue weighted by molar-refractivity contribution is 0.111. The number of hydrogen-bond acceptors (Lipinski definition) is 2. The Morgan fingerprint density at radius 2 is 2.14 bits per heavy atom. The maximum Gasteiger partial charge on any atom is 0.167 e. The largest absolute Gasteiger partial charge is 0.336 e. The Morgan fingerprint density at radius 1 is 1.36 bits per heavy atom. The van der Waals surface area contributed by atoms with Crippen LogP contribution in [0.15, 0.2) is 30.5 Å². The van der Waals surface area contributed by atoms with Gasteiger partial charge < -0.3 is 4.98 Å². The number of rotatable bonds is 2. The van der Waals surface area contributed by atoms with Crippen molar-refractivity contribution in [2.45, 2.75) is 6.92 Å². The molecule has 1 heterocycles. The van der Waals surface area contributed by atoms with Gasteiger partial charge in [0.05, 0.1) is 11.9 Å². The van der Waals surface area contributed by atoms with E-state index in [4.69, 9.17) is 0 Å². The normalized spacial score (nSPS) is 10.1. The molecule has 3 heteroatoms. The third kappa shape index (κ3) is 1.44. The molecule has 0 saturated carbocycles. The van der Waals surface area contributed by atoms with Crippen LogP contribution in [0, 0.1) is 6.92 Å². The van der Waals surface area contributed by atoms with Gasteiger partial charge in [0, 0.05) is 5.56 Å². The summed E-state index contributed by atoms with van der Waals surface area (Å²) in [6.45, 7) is 2.01. The molecule has 0 aliphatic carbocycles. The SMILES string of the molecule is Cc1ccccc1-c1ncc(C=O)[nH]1. The Labute approximate surface area is 81.8 Å². The quantitative estimate of drug-likeness (QED) is 0.731. The van der Waals surface area contributed by atoms with Gasteiger partial charge >= 0.3 is 0 Å². The molecule has 0 amide bonds. The lowest BCUT2D eigenvalue weighted by Crippen LogP contribution is -1.85. The van der Waals surface area contributed by atoms with E-state index in [-0.39, 0.29) is 0 Å². The number of H-pyrrole nitrogens is 1. The Morgan fingerprint density at radius 3 is 2.79 bits per heavy atom. The van der Waals surface area contributed by atoms with E-state index in [1.165, 1.54) is 6.20 Å². The van der Waals surface area contributed by atoms with Crippen LogP contribution in [0.1, 0.15) is 16.1 Å². The highest BCUT2D eigenvalue weighted by atomic mass is 16.1. The van der Waals surface area contributed by atoms with Crippen molar-refractivity contribution in [3.8, 4) is 11.4 Å². The molecule has 1 N–H and O–H groups in total. The van der Waals surface area contributed by atoms with Crippen LogP contribution in [0.5, 0.6) is 0 Å². The fourth-order valence-corrected chi connectivity index (χ4v) is 1.37. The van der Waals surface area contributed by atoms with Gasteiger partial charge in [0.1, 0.15) is 5.82 Å². The number of aldehydes is 1. The number of hydrogen-bond donors (Lipinski definition) is 1. The summed E-state index contributed by atoms with van der Waals surface area (Å²) in [5, 5.41) is 0. The van der Waals surface area contributed by atoms with Crippen LogP contribution in [0.25, 0.3) is 11.4 Å². The number of nitrogens with zero attached hydrogens (tertiary/aromatic N) is 1. The number of aryl methyl sites for hydroxylation is 1. The number of carbonyl (C=O) groups is 1. The van der Waals surface area contributed by atoms with Crippen LogP contribution in [-0.4, -0.2) is 16.3 Å². The van der Waals surface area contributed by atoms with E-state index in [0.717, 1.165) is 23.2 Å². The lowest BCUT2D eigenvalue weighted by Gasteiger charge is -2.00. The van der Waals surface area contributed by atoms with Gasteiger partial charge in [-0.15, -0.1) is 0 Å². The van der Waals surface area contributed by atoms with Crippen molar-refractivity contribution in [1.29, 1.82) is 0 Å². The number of nitrogens with one attached hydrogen (secondary N) is 1. The second kappa shape index (κ2) is 3.46. The standard InChI is InChI=1S/C11H10N2O/c1-8-4-2-3-5-10(8)11-12-6-9(7-14)13-11/h2-7H,1H3,(H,12,13). The fraction of sp³-hybridized carbons (Fsp3) is 0.0909. The number of imidazole rings is 1. The number of aromatic nitrogens is 2. The molecule has 3 nitrogen and oxygen atoms in total. The lowest BCUT2D eigenvalue weighted by atomic mass is 10.1. The minimum absolute atomic E-state index is 0.503. The topological polar surface area (TPSA) is 45.8 Å². The van der Waals surface area contributed by atoms with Crippen molar-refractivity contribution in [2.24, 2.45) is 0 Å². The number of benzene rings is 1. The smallest absolute Gasteiger partial charge is 0.167 e. The Kier molecular flexibility index (Phi) is 2.14. The van der Waals surface area contributed by atoms with Crippen molar-refractivity contribution in [2.75, 3.05) is 0 Å². The zero-order chi connectivity index (χ0) is 9.97. The first-order valence-electron chi connectivity index (χ1n) is 4.37. The van der Waals surface area contributed by atoms with E-state index in [0.29, 0.717) is 5.69 Å². The van der Waals surface area contributed by atoms with Crippen LogP contribution in [0.4, 0.5) is 0 Å². The van der Waals surface area contributed by atoms with Crippen molar-refractivity contribution in [3.05, 3.63) is 41.7 Å². The van der Waals surface area contributed by atoms with E-state index in [2.05, 4.69) is 9.97 Å². The molecule has 0 aliphatic heterocycles. The van der Waals surface area contributed by atoms with E-state index in [9.17, 15) is 4.79 Å². The first kappa shape index (κ1) is 8.69. The van der Waals surface area contributed by atoms with Gasteiger partial charge in [-0.2, -0.15) is 0 Å². The molecule has 0 saturated heterocycles. The van der Waals surface area contributed by atoms with Gasteiger partial charge in [-0.1, -0.05) is 24.3 Å². The first-order valence-corrected chi connectivity index (χ1v) is 4.37. The third-order valence-corrected chi connectivity index (χ3v) is 2.12. The molecule has 1 aromatic carbocycles. The van der Waals surface area contributed by atoms with Gasteiger partial charge in [0.2, 0.25) is 0 Å².